The van der Waals surface area contributed by atoms with Gasteiger partial charge in [-0.2, -0.15) is 0 Å². The van der Waals surface area contributed by atoms with Crippen LogP contribution in [0.25, 0.3) is 0 Å². The summed E-state index contributed by atoms with van der Waals surface area (Å²) in [4.78, 5) is 4.03. The lowest BCUT2D eigenvalue weighted by Crippen LogP contribution is -1.87. The first kappa shape index (κ1) is 7.09. The van der Waals surface area contributed by atoms with E-state index in [-0.39, 0.29) is 0 Å². The van der Waals surface area contributed by atoms with Gasteiger partial charge in [-0.15, -0.1) is 11.3 Å². The molecular weight excluding hydrogens is 150 g/mol. The number of rotatable bonds is 1. The normalized spacial score (nSPS) is 13.7. The Morgan fingerprint density at radius 2 is 2.11 bits per heavy atom. The molecule has 1 heterocycles. The van der Waals surface area contributed by atoms with Crippen molar-refractivity contribution in [2.24, 2.45) is 0 Å². The van der Waals surface area contributed by atoms with E-state index in [1.807, 2.05) is 11.7 Å². The zero-order chi connectivity index (χ0) is 6.91. The molecule has 1 rings (SSSR count). The molecule has 9 heavy (non-hydrogen) atoms. The van der Waals surface area contributed by atoms with E-state index in [1.54, 1.807) is 11.3 Å². The standard InChI is InChI=1S/C6H11NS2/c1-9(2,3)6-4-7-5-8-6/h4-5H,1-3H3. The molecule has 0 amide bonds. The van der Waals surface area contributed by atoms with Crippen LogP contribution < -0.4 is 0 Å². The number of nitrogens with zero attached hydrogens (tertiary/aromatic N) is 1. The van der Waals surface area contributed by atoms with Crippen molar-refractivity contribution in [1.82, 2.24) is 4.98 Å². The molecule has 0 aliphatic heterocycles. The van der Waals surface area contributed by atoms with Gasteiger partial charge in [0, 0.05) is 6.20 Å². The second-order valence-electron chi connectivity index (χ2n) is 2.66. The van der Waals surface area contributed by atoms with Crippen LogP contribution in [0.4, 0.5) is 0 Å². The van der Waals surface area contributed by atoms with Gasteiger partial charge in [0.25, 0.3) is 0 Å². The van der Waals surface area contributed by atoms with E-state index in [0.29, 0.717) is 0 Å². The molecular formula is C6H11NS2. The summed E-state index contributed by atoms with van der Waals surface area (Å²) in [6.45, 7) is 0. The Balaban J connectivity index is 2.90. The molecule has 0 spiro atoms. The highest BCUT2D eigenvalue weighted by atomic mass is 32.3. The van der Waals surface area contributed by atoms with Crippen LogP contribution in [0.5, 0.6) is 0 Å². The summed E-state index contributed by atoms with van der Waals surface area (Å²) < 4.78 is 1.43. The van der Waals surface area contributed by atoms with Gasteiger partial charge in [0.1, 0.15) is 0 Å². The SMILES string of the molecule is CS(C)(C)c1cncs1. The van der Waals surface area contributed by atoms with Crippen molar-refractivity contribution in [3.8, 4) is 0 Å². The minimum absolute atomic E-state index is 0.503. The summed E-state index contributed by atoms with van der Waals surface area (Å²) in [6, 6.07) is 0. The highest BCUT2D eigenvalue weighted by Gasteiger charge is 2.07. The van der Waals surface area contributed by atoms with Gasteiger partial charge in [0.05, 0.1) is 9.72 Å². The molecule has 0 aliphatic carbocycles. The maximum atomic E-state index is 4.03. The Bertz CT molecular complexity index is 173. The predicted molar refractivity (Wildman–Crippen MR) is 45.7 cm³/mol. The largest absolute Gasteiger partial charge is 0.252 e. The molecule has 0 radical (unpaired) electrons. The van der Waals surface area contributed by atoms with Gasteiger partial charge < -0.3 is 0 Å². The number of hydrogen-bond acceptors (Lipinski definition) is 2. The Kier molecular flexibility index (Phi) is 1.82. The molecule has 0 bridgehead atoms. The van der Waals surface area contributed by atoms with Crippen LogP contribution in [0, 0.1) is 0 Å². The quantitative estimate of drug-likeness (QED) is 0.615. The van der Waals surface area contributed by atoms with Crippen LogP contribution in [0.15, 0.2) is 15.9 Å². The number of hydrogen-bond donors (Lipinski definition) is 0. The van der Waals surface area contributed by atoms with E-state index >= 15 is 0 Å². The maximum absolute atomic E-state index is 4.03. The minimum atomic E-state index is -0.503. The molecule has 3 heteroatoms. The van der Waals surface area contributed by atoms with Crippen LogP contribution in [-0.2, 0) is 0 Å². The van der Waals surface area contributed by atoms with Gasteiger partial charge in [-0.05, 0) is 18.8 Å². The van der Waals surface area contributed by atoms with Crippen molar-refractivity contribution in [1.29, 1.82) is 0 Å². The van der Waals surface area contributed by atoms with Crippen LogP contribution in [0.2, 0.25) is 0 Å². The van der Waals surface area contributed by atoms with Crippen molar-refractivity contribution in [3.63, 3.8) is 0 Å². The van der Waals surface area contributed by atoms with E-state index in [4.69, 9.17) is 0 Å². The number of thiazole rings is 1. The molecule has 52 valence electrons. The predicted octanol–water partition coefficient (Wildman–Crippen LogP) is 2.20. The Morgan fingerprint density at radius 1 is 1.44 bits per heavy atom. The van der Waals surface area contributed by atoms with Gasteiger partial charge in [0.15, 0.2) is 0 Å². The van der Waals surface area contributed by atoms with Crippen LogP contribution in [0.3, 0.4) is 0 Å². The van der Waals surface area contributed by atoms with Crippen LogP contribution in [-0.4, -0.2) is 23.8 Å². The van der Waals surface area contributed by atoms with E-state index in [1.165, 1.54) is 4.21 Å². The van der Waals surface area contributed by atoms with Crippen molar-refractivity contribution in [2.45, 2.75) is 4.21 Å². The van der Waals surface area contributed by atoms with E-state index in [2.05, 4.69) is 23.8 Å². The second-order valence-corrected chi connectivity index (χ2v) is 7.92. The molecule has 1 nitrogen and oxygen atoms in total. The molecule has 1 aromatic heterocycles. The van der Waals surface area contributed by atoms with Crippen molar-refractivity contribution in [3.05, 3.63) is 11.7 Å². The Morgan fingerprint density at radius 3 is 2.33 bits per heavy atom. The summed E-state index contributed by atoms with van der Waals surface area (Å²) in [6.07, 6.45) is 8.81. The maximum Gasteiger partial charge on any atom is 0.0802 e. The number of aromatic nitrogens is 1. The van der Waals surface area contributed by atoms with E-state index in [0.717, 1.165) is 0 Å². The first-order chi connectivity index (χ1) is 4.11. The van der Waals surface area contributed by atoms with Crippen molar-refractivity contribution in [2.75, 3.05) is 18.8 Å². The zero-order valence-corrected chi connectivity index (χ0v) is 7.55. The summed E-state index contributed by atoms with van der Waals surface area (Å²) in [5.41, 5.74) is 1.90. The smallest absolute Gasteiger partial charge is 0.0802 e. The molecule has 0 unspecified atom stereocenters. The molecule has 0 fully saturated rings. The average Bonchev–Trinajstić information content (AvgIpc) is 2.08. The molecule has 0 saturated carbocycles. The van der Waals surface area contributed by atoms with E-state index in [9.17, 15) is 0 Å². The molecule has 0 aromatic carbocycles. The lowest BCUT2D eigenvalue weighted by atomic mass is 11.0. The Hall–Kier alpha value is -0.0200. The van der Waals surface area contributed by atoms with Gasteiger partial charge in [-0.1, -0.05) is 0 Å². The third kappa shape index (κ3) is 1.69. The third-order valence-electron chi connectivity index (χ3n) is 1.01. The van der Waals surface area contributed by atoms with Crippen LogP contribution >= 0.6 is 21.4 Å². The molecule has 0 atom stereocenters. The van der Waals surface area contributed by atoms with Crippen molar-refractivity contribution < 1.29 is 0 Å². The average molecular weight is 161 g/mol. The highest BCUT2D eigenvalue weighted by molar-refractivity contribution is 8.33. The first-order valence-electron chi connectivity index (χ1n) is 2.67. The topological polar surface area (TPSA) is 12.9 Å². The second kappa shape index (κ2) is 2.31. The fraction of sp³-hybridized carbons (Fsp3) is 0.500. The first-order valence-corrected chi connectivity index (χ1v) is 6.41. The van der Waals surface area contributed by atoms with Gasteiger partial charge in [0.2, 0.25) is 0 Å². The highest BCUT2D eigenvalue weighted by Crippen LogP contribution is 2.46. The lowest BCUT2D eigenvalue weighted by Gasteiger charge is -2.21. The summed E-state index contributed by atoms with van der Waals surface area (Å²) in [7, 11) is -0.503. The van der Waals surface area contributed by atoms with Crippen LogP contribution in [0.1, 0.15) is 0 Å². The molecule has 0 N–H and O–H groups in total. The van der Waals surface area contributed by atoms with Gasteiger partial charge in [-0.3, -0.25) is 4.98 Å². The fourth-order valence-electron chi connectivity index (χ4n) is 0.507. The Labute approximate surface area is 61.4 Å². The lowest BCUT2D eigenvalue weighted by molar-refractivity contribution is 1.37. The minimum Gasteiger partial charge on any atom is -0.252 e. The van der Waals surface area contributed by atoms with Crippen molar-refractivity contribution >= 4 is 21.4 Å². The molecule has 1 aromatic rings. The summed E-state index contributed by atoms with van der Waals surface area (Å²) in [5, 5.41) is 0. The summed E-state index contributed by atoms with van der Waals surface area (Å²) >= 11 is 1.76. The summed E-state index contributed by atoms with van der Waals surface area (Å²) in [5.74, 6) is 0. The third-order valence-corrected chi connectivity index (χ3v) is 4.68. The zero-order valence-electron chi connectivity index (χ0n) is 5.92. The molecule has 0 aliphatic rings. The van der Waals surface area contributed by atoms with Gasteiger partial charge >= 0.3 is 0 Å². The monoisotopic (exact) mass is 161 g/mol. The molecule has 0 saturated heterocycles. The van der Waals surface area contributed by atoms with E-state index < -0.39 is 10.0 Å². The fourth-order valence-corrected chi connectivity index (χ4v) is 2.51. The van der Waals surface area contributed by atoms with Gasteiger partial charge in [-0.25, -0.2) is 10.0 Å².